The first-order valence-electron chi connectivity index (χ1n) is 8.55. The van der Waals surface area contributed by atoms with E-state index in [1.165, 1.54) is 35.9 Å². The van der Waals surface area contributed by atoms with Crippen LogP contribution in [0.25, 0.3) is 21.3 Å². The van der Waals surface area contributed by atoms with Gasteiger partial charge in [-0.25, -0.2) is 4.98 Å². The Labute approximate surface area is 167 Å². The minimum absolute atomic E-state index is 0.0935. The van der Waals surface area contributed by atoms with Crippen LogP contribution in [0.2, 0.25) is 0 Å². The number of nitrogens with one attached hydrogen (secondary N) is 2. The lowest BCUT2D eigenvalue weighted by molar-refractivity contribution is 0.989. The van der Waals surface area contributed by atoms with Gasteiger partial charge in [0.15, 0.2) is 4.34 Å². The van der Waals surface area contributed by atoms with Gasteiger partial charge in [0.2, 0.25) is 5.13 Å². The van der Waals surface area contributed by atoms with Crippen molar-refractivity contribution in [3.05, 3.63) is 51.9 Å². The van der Waals surface area contributed by atoms with E-state index in [4.69, 9.17) is 0 Å². The van der Waals surface area contributed by atoms with Gasteiger partial charge in [0.25, 0.3) is 5.56 Å². The topological polar surface area (TPSA) is 83.6 Å². The number of nitrogens with zero attached hydrogens (tertiary/aromatic N) is 3. The lowest BCUT2D eigenvalue weighted by atomic mass is 10.1. The molecule has 3 aromatic heterocycles. The second kappa shape index (κ2) is 7.06. The van der Waals surface area contributed by atoms with Gasteiger partial charge >= 0.3 is 0 Å². The standard InChI is InChI=1S/C18H15N5OS3/c24-15-14-12(10-4-2-1-3-5-10)8-25-16(14)21-13(20-15)9-26-18-23-22-17(27-18)19-11-6-7-11/h1-5,8,11H,6-7,9H2,(H,19,22)(H,20,21,24). The number of anilines is 1. The predicted molar refractivity (Wildman–Crippen MR) is 112 cm³/mol. The van der Waals surface area contributed by atoms with Crippen LogP contribution >= 0.6 is 34.4 Å². The van der Waals surface area contributed by atoms with Gasteiger partial charge in [0.05, 0.1) is 11.1 Å². The Morgan fingerprint density at radius 1 is 1.22 bits per heavy atom. The van der Waals surface area contributed by atoms with Crippen molar-refractivity contribution >= 4 is 49.8 Å². The molecule has 9 heteroatoms. The smallest absolute Gasteiger partial charge is 0.260 e. The molecule has 0 spiro atoms. The molecule has 1 aliphatic carbocycles. The van der Waals surface area contributed by atoms with Crippen LogP contribution in [0, 0.1) is 0 Å². The Balaban J connectivity index is 1.37. The molecule has 2 N–H and O–H groups in total. The maximum atomic E-state index is 12.7. The zero-order valence-electron chi connectivity index (χ0n) is 14.1. The molecule has 6 nitrogen and oxygen atoms in total. The fourth-order valence-electron chi connectivity index (χ4n) is 2.75. The summed E-state index contributed by atoms with van der Waals surface area (Å²) >= 11 is 4.58. The summed E-state index contributed by atoms with van der Waals surface area (Å²) in [7, 11) is 0. The Bertz CT molecular complexity index is 1150. The summed E-state index contributed by atoms with van der Waals surface area (Å²) in [4.78, 5) is 21.0. The molecular weight excluding hydrogens is 398 g/mol. The molecule has 0 radical (unpaired) electrons. The Morgan fingerprint density at radius 3 is 2.89 bits per heavy atom. The molecule has 1 aromatic carbocycles. The normalized spacial score (nSPS) is 13.9. The summed E-state index contributed by atoms with van der Waals surface area (Å²) < 4.78 is 0.872. The summed E-state index contributed by atoms with van der Waals surface area (Å²) in [6.07, 6.45) is 2.41. The molecule has 3 heterocycles. The van der Waals surface area contributed by atoms with Gasteiger partial charge in [-0.05, 0) is 18.4 Å². The average Bonchev–Trinajstić information content (AvgIpc) is 3.21. The SMILES string of the molecule is O=c1[nH]c(CSc2nnc(NC3CC3)s2)nc2scc(-c3ccccc3)c12. The monoisotopic (exact) mass is 413 g/mol. The first-order valence-corrected chi connectivity index (χ1v) is 11.2. The lowest BCUT2D eigenvalue weighted by Gasteiger charge is -2.01. The number of fused-ring (bicyclic) bond motifs is 1. The summed E-state index contributed by atoms with van der Waals surface area (Å²) in [6.45, 7) is 0. The fourth-order valence-corrected chi connectivity index (χ4v) is 5.42. The number of aromatic nitrogens is 4. The Kier molecular flexibility index (Phi) is 4.42. The van der Waals surface area contributed by atoms with Crippen molar-refractivity contribution in [3.8, 4) is 11.1 Å². The third-order valence-electron chi connectivity index (χ3n) is 4.22. The van der Waals surface area contributed by atoms with Crippen LogP contribution < -0.4 is 10.9 Å². The quantitative estimate of drug-likeness (QED) is 0.457. The molecule has 5 rings (SSSR count). The van der Waals surface area contributed by atoms with E-state index in [9.17, 15) is 4.79 Å². The van der Waals surface area contributed by atoms with E-state index in [2.05, 4.69) is 25.5 Å². The number of rotatable bonds is 6. The van der Waals surface area contributed by atoms with Crippen molar-refractivity contribution in [1.29, 1.82) is 0 Å². The maximum absolute atomic E-state index is 12.7. The summed E-state index contributed by atoms with van der Waals surface area (Å²) in [6, 6.07) is 10.5. The highest BCUT2D eigenvalue weighted by Gasteiger charge is 2.22. The molecule has 0 amide bonds. The molecular formula is C18H15N5OS3. The van der Waals surface area contributed by atoms with Crippen LogP contribution in [0.1, 0.15) is 18.7 Å². The first-order chi connectivity index (χ1) is 13.3. The molecule has 0 bridgehead atoms. The van der Waals surface area contributed by atoms with E-state index in [-0.39, 0.29) is 5.56 Å². The van der Waals surface area contributed by atoms with E-state index in [0.717, 1.165) is 25.4 Å². The van der Waals surface area contributed by atoms with Crippen LogP contribution in [0.15, 0.2) is 44.8 Å². The van der Waals surface area contributed by atoms with E-state index < -0.39 is 0 Å². The number of hydrogen-bond acceptors (Lipinski definition) is 8. The van der Waals surface area contributed by atoms with Crippen LogP contribution in [-0.4, -0.2) is 26.2 Å². The minimum Gasteiger partial charge on any atom is -0.357 e. The van der Waals surface area contributed by atoms with Crippen LogP contribution in [0.4, 0.5) is 5.13 Å². The van der Waals surface area contributed by atoms with Gasteiger partial charge in [-0.3, -0.25) is 4.79 Å². The van der Waals surface area contributed by atoms with Crippen LogP contribution in [-0.2, 0) is 5.75 Å². The van der Waals surface area contributed by atoms with Crippen molar-refractivity contribution in [2.75, 3.05) is 5.32 Å². The zero-order valence-corrected chi connectivity index (χ0v) is 16.6. The summed E-state index contributed by atoms with van der Waals surface area (Å²) in [5, 5.41) is 15.2. The van der Waals surface area contributed by atoms with E-state index in [1.54, 1.807) is 11.3 Å². The second-order valence-electron chi connectivity index (χ2n) is 6.29. The molecule has 0 saturated heterocycles. The highest BCUT2D eigenvalue weighted by molar-refractivity contribution is 8.00. The molecule has 0 unspecified atom stereocenters. The third kappa shape index (κ3) is 3.62. The predicted octanol–water partition coefficient (Wildman–Crippen LogP) is 4.37. The molecule has 1 aliphatic rings. The Hall–Kier alpha value is -2.23. The molecule has 4 aromatic rings. The number of thiophene rings is 1. The van der Waals surface area contributed by atoms with Crippen LogP contribution in [0.5, 0.6) is 0 Å². The molecule has 0 aliphatic heterocycles. The fraction of sp³-hybridized carbons (Fsp3) is 0.222. The van der Waals surface area contributed by atoms with E-state index in [1.807, 2.05) is 35.7 Å². The number of benzene rings is 1. The summed E-state index contributed by atoms with van der Waals surface area (Å²) in [5.74, 6) is 1.22. The van der Waals surface area contributed by atoms with Gasteiger partial charge in [-0.15, -0.1) is 21.5 Å². The van der Waals surface area contributed by atoms with Crippen molar-refractivity contribution < 1.29 is 0 Å². The highest BCUT2D eigenvalue weighted by atomic mass is 32.2. The second-order valence-corrected chi connectivity index (χ2v) is 9.35. The van der Waals surface area contributed by atoms with E-state index >= 15 is 0 Å². The molecule has 1 saturated carbocycles. The van der Waals surface area contributed by atoms with Gasteiger partial charge in [0, 0.05) is 17.0 Å². The molecule has 136 valence electrons. The zero-order chi connectivity index (χ0) is 18.2. The van der Waals surface area contributed by atoms with E-state index in [0.29, 0.717) is 23.0 Å². The Morgan fingerprint density at radius 2 is 2.07 bits per heavy atom. The van der Waals surface area contributed by atoms with Gasteiger partial charge in [0.1, 0.15) is 10.7 Å². The molecule has 1 fully saturated rings. The van der Waals surface area contributed by atoms with Crippen molar-refractivity contribution in [3.63, 3.8) is 0 Å². The van der Waals surface area contributed by atoms with Gasteiger partial charge < -0.3 is 10.3 Å². The number of hydrogen-bond donors (Lipinski definition) is 2. The maximum Gasteiger partial charge on any atom is 0.260 e. The van der Waals surface area contributed by atoms with Crippen LogP contribution in [0.3, 0.4) is 0 Å². The molecule has 27 heavy (non-hydrogen) atoms. The largest absolute Gasteiger partial charge is 0.357 e. The number of H-pyrrole nitrogens is 1. The minimum atomic E-state index is -0.0935. The van der Waals surface area contributed by atoms with Gasteiger partial charge in [-0.1, -0.05) is 53.4 Å². The van der Waals surface area contributed by atoms with Crippen molar-refractivity contribution in [2.45, 2.75) is 29.0 Å². The number of aromatic amines is 1. The first kappa shape index (κ1) is 16.9. The average molecular weight is 414 g/mol. The molecule has 0 atom stereocenters. The van der Waals surface area contributed by atoms with Crippen molar-refractivity contribution in [2.24, 2.45) is 0 Å². The lowest BCUT2D eigenvalue weighted by Crippen LogP contribution is -2.10. The highest BCUT2D eigenvalue weighted by Crippen LogP contribution is 2.33. The van der Waals surface area contributed by atoms with Gasteiger partial charge in [-0.2, -0.15) is 0 Å². The van der Waals surface area contributed by atoms with Crippen molar-refractivity contribution in [1.82, 2.24) is 20.2 Å². The number of thioether (sulfide) groups is 1. The summed E-state index contributed by atoms with van der Waals surface area (Å²) in [5.41, 5.74) is 1.87. The third-order valence-corrected chi connectivity index (χ3v) is 7.09.